The number of aliphatic hydroxyl groups is 1. The maximum absolute atomic E-state index is 12.6. The first-order valence-electron chi connectivity index (χ1n) is 6.40. The third kappa shape index (κ3) is 2.98. The number of aliphatic hydroxyl groups excluding tert-OH is 1. The molecule has 0 amide bonds. The SMILES string of the molecule is CC(O)CCN(C)S(=O)(=O)c1cccc2cnccc12. The maximum Gasteiger partial charge on any atom is 0.243 e. The minimum absolute atomic E-state index is 0.269. The van der Waals surface area contributed by atoms with Gasteiger partial charge in [-0.2, -0.15) is 0 Å². The highest BCUT2D eigenvalue weighted by molar-refractivity contribution is 7.89. The molecular weight excluding hydrogens is 276 g/mol. The molecule has 20 heavy (non-hydrogen) atoms. The molecule has 0 saturated carbocycles. The van der Waals surface area contributed by atoms with Gasteiger partial charge in [-0.1, -0.05) is 12.1 Å². The summed E-state index contributed by atoms with van der Waals surface area (Å²) >= 11 is 0. The molecule has 0 fully saturated rings. The van der Waals surface area contributed by atoms with E-state index in [0.717, 1.165) is 5.39 Å². The summed E-state index contributed by atoms with van der Waals surface area (Å²) in [6.07, 6.45) is 3.10. The van der Waals surface area contributed by atoms with Crippen LogP contribution in [0.15, 0.2) is 41.6 Å². The molecule has 5 nitrogen and oxygen atoms in total. The fourth-order valence-corrected chi connectivity index (χ4v) is 3.37. The lowest BCUT2D eigenvalue weighted by atomic mass is 10.2. The van der Waals surface area contributed by atoms with Crippen LogP contribution >= 0.6 is 0 Å². The number of nitrogens with zero attached hydrogens (tertiary/aromatic N) is 2. The van der Waals surface area contributed by atoms with Crippen molar-refractivity contribution in [2.75, 3.05) is 13.6 Å². The summed E-state index contributed by atoms with van der Waals surface area (Å²) in [5.41, 5.74) is 0. The Balaban J connectivity index is 2.41. The van der Waals surface area contributed by atoms with Gasteiger partial charge in [0.05, 0.1) is 11.0 Å². The van der Waals surface area contributed by atoms with E-state index in [1.165, 1.54) is 11.4 Å². The van der Waals surface area contributed by atoms with E-state index in [1.807, 2.05) is 6.07 Å². The van der Waals surface area contributed by atoms with E-state index in [4.69, 9.17) is 0 Å². The minimum atomic E-state index is -3.57. The molecule has 0 aliphatic carbocycles. The van der Waals surface area contributed by atoms with Crippen molar-refractivity contribution in [2.24, 2.45) is 0 Å². The van der Waals surface area contributed by atoms with Crippen molar-refractivity contribution < 1.29 is 13.5 Å². The highest BCUT2D eigenvalue weighted by Crippen LogP contribution is 2.24. The van der Waals surface area contributed by atoms with Gasteiger partial charge in [0.1, 0.15) is 0 Å². The normalized spacial score (nSPS) is 13.8. The van der Waals surface area contributed by atoms with Gasteiger partial charge in [0.15, 0.2) is 0 Å². The summed E-state index contributed by atoms with van der Waals surface area (Å²) < 4.78 is 26.4. The molecule has 0 saturated heterocycles. The predicted molar refractivity (Wildman–Crippen MR) is 77.9 cm³/mol. The number of hydrogen-bond donors (Lipinski definition) is 1. The fourth-order valence-electron chi connectivity index (χ4n) is 1.97. The van der Waals surface area contributed by atoms with Crippen LogP contribution < -0.4 is 0 Å². The topological polar surface area (TPSA) is 70.5 Å². The van der Waals surface area contributed by atoms with Gasteiger partial charge in [0.2, 0.25) is 10.0 Å². The molecule has 1 atom stereocenters. The molecule has 6 heteroatoms. The number of benzene rings is 1. The lowest BCUT2D eigenvalue weighted by Gasteiger charge is -2.19. The molecule has 0 aliphatic rings. The lowest BCUT2D eigenvalue weighted by Crippen LogP contribution is -2.29. The Hall–Kier alpha value is -1.50. The Morgan fingerprint density at radius 2 is 2.10 bits per heavy atom. The van der Waals surface area contributed by atoms with Crippen molar-refractivity contribution in [2.45, 2.75) is 24.3 Å². The Labute approximate surface area is 118 Å². The zero-order valence-corrected chi connectivity index (χ0v) is 12.3. The average Bonchev–Trinajstić information content (AvgIpc) is 2.43. The van der Waals surface area contributed by atoms with Crippen molar-refractivity contribution >= 4 is 20.8 Å². The predicted octanol–water partition coefficient (Wildman–Crippen LogP) is 1.63. The summed E-state index contributed by atoms with van der Waals surface area (Å²) in [5, 5.41) is 10.7. The Kier molecular flexibility index (Phi) is 4.37. The van der Waals surface area contributed by atoms with E-state index >= 15 is 0 Å². The number of fused-ring (bicyclic) bond motifs is 1. The Bertz CT molecular complexity index is 693. The molecule has 1 aromatic carbocycles. The second kappa shape index (κ2) is 5.87. The number of pyridine rings is 1. The highest BCUT2D eigenvalue weighted by Gasteiger charge is 2.22. The van der Waals surface area contributed by atoms with E-state index in [2.05, 4.69) is 4.98 Å². The maximum atomic E-state index is 12.6. The van der Waals surface area contributed by atoms with E-state index in [0.29, 0.717) is 11.8 Å². The van der Waals surface area contributed by atoms with Crippen LogP contribution in [0, 0.1) is 0 Å². The first-order chi connectivity index (χ1) is 9.43. The summed E-state index contributed by atoms with van der Waals surface area (Å²) in [6.45, 7) is 1.92. The van der Waals surface area contributed by atoms with Crippen LogP contribution in [0.3, 0.4) is 0 Å². The van der Waals surface area contributed by atoms with Crippen molar-refractivity contribution in [1.29, 1.82) is 0 Å². The molecule has 0 radical (unpaired) electrons. The average molecular weight is 294 g/mol. The molecular formula is C14H18N2O3S. The van der Waals surface area contributed by atoms with Crippen molar-refractivity contribution in [3.05, 3.63) is 36.7 Å². The van der Waals surface area contributed by atoms with Crippen LogP contribution in [0.5, 0.6) is 0 Å². The minimum Gasteiger partial charge on any atom is -0.393 e. The van der Waals surface area contributed by atoms with Crippen molar-refractivity contribution in [3.8, 4) is 0 Å². The van der Waals surface area contributed by atoms with E-state index in [1.54, 1.807) is 37.5 Å². The number of hydrogen-bond acceptors (Lipinski definition) is 4. The molecule has 1 heterocycles. The molecule has 1 aromatic heterocycles. The molecule has 2 aromatic rings. The number of aromatic nitrogens is 1. The first-order valence-corrected chi connectivity index (χ1v) is 7.84. The van der Waals surface area contributed by atoms with Gasteiger partial charge >= 0.3 is 0 Å². The Morgan fingerprint density at radius 1 is 1.35 bits per heavy atom. The molecule has 108 valence electrons. The van der Waals surface area contributed by atoms with Crippen LogP contribution in [-0.4, -0.2) is 42.5 Å². The molecule has 0 bridgehead atoms. The third-order valence-corrected chi connectivity index (χ3v) is 5.11. The summed E-state index contributed by atoms with van der Waals surface area (Å²) in [5.74, 6) is 0. The largest absolute Gasteiger partial charge is 0.393 e. The lowest BCUT2D eigenvalue weighted by molar-refractivity contribution is 0.177. The van der Waals surface area contributed by atoms with Crippen LogP contribution in [0.4, 0.5) is 0 Å². The molecule has 0 spiro atoms. The quantitative estimate of drug-likeness (QED) is 0.910. The highest BCUT2D eigenvalue weighted by atomic mass is 32.2. The summed E-state index contributed by atoms with van der Waals surface area (Å²) in [7, 11) is -2.04. The standard InChI is InChI=1S/C14H18N2O3S/c1-11(17)7-9-16(2)20(18,19)14-5-3-4-12-10-15-8-6-13(12)14/h3-6,8,10-11,17H,7,9H2,1-2H3. The zero-order chi connectivity index (χ0) is 14.8. The van der Waals surface area contributed by atoms with E-state index in [9.17, 15) is 13.5 Å². The van der Waals surface area contributed by atoms with Crippen LogP contribution in [0.25, 0.3) is 10.8 Å². The second-order valence-electron chi connectivity index (χ2n) is 4.82. The van der Waals surface area contributed by atoms with Gasteiger partial charge in [0, 0.05) is 36.8 Å². The molecule has 2 rings (SSSR count). The van der Waals surface area contributed by atoms with Crippen LogP contribution in [0.1, 0.15) is 13.3 Å². The van der Waals surface area contributed by atoms with Gasteiger partial charge < -0.3 is 5.11 Å². The van der Waals surface area contributed by atoms with Gasteiger partial charge in [-0.05, 0) is 25.5 Å². The van der Waals surface area contributed by atoms with Gasteiger partial charge in [-0.15, -0.1) is 0 Å². The second-order valence-corrected chi connectivity index (χ2v) is 6.83. The fraction of sp³-hybridized carbons (Fsp3) is 0.357. The van der Waals surface area contributed by atoms with Crippen LogP contribution in [-0.2, 0) is 10.0 Å². The number of rotatable bonds is 5. The Morgan fingerprint density at radius 3 is 2.80 bits per heavy atom. The monoisotopic (exact) mass is 294 g/mol. The summed E-state index contributed by atoms with van der Waals surface area (Å²) in [4.78, 5) is 4.27. The van der Waals surface area contributed by atoms with E-state index < -0.39 is 16.1 Å². The van der Waals surface area contributed by atoms with Crippen molar-refractivity contribution in [1.82, 2.24) is 9.29 Å². The molecule has 0 aliphatic heterocycles. The van der Waals surface area contributed by atoms with Gasteiger partial charge in [-0.25, -0.2) is 12.7 Å². The third-order valence-electron chi connectivity index (χ3n) is 3.19. The zero-order valence-electron chi connectivity index (χ0n) is 11.5. The first kappa shape index (κ1) is 14.9. The van der Waals surface area contributed by atoms with Crippen LogP contribution in [0.2, 0.25) is 0 Å². The molecule has 1 unspecified atom stereocenters. The van der Waals surface area contributed by atoms with Gasteiger partial charge in [-0.3, -0.25) is 4.98 Å². The van der Waals surface area contributed by atoms with Crippen molar-refractivity contribution in [3.63, 3.8) is 0 Å². The van der Waals surface area contributed by atoms with E-state index in [-0.39, 0.29) is 11.4 Å². The van der Waals surface area contributed by atoms with Gasteiger partial charge in [0.25, 0.3) is 0 Å². The summed E-state index contributed by atoms with van der Waals surface area (Å²) in [6, 6.07) is 6.83. The smallest absolute Gasteiger partial charge is 0.243 e. The number of sulfonamides is 1. The molecule has 1 N–H and O–H groups in total.